The Hall–Kier alpha value is -1.31. The number of halogens is 4. The van der Waals surface area contributed by atoms with Crippen molar-refractivity contribution < 1.29 is 18.3 Å². The minimum Gasteiger partial charge on any atom is -0.433 e. The topological polar surface area (TPSA) is 67.6 Å². The molecule has 1 aliphatic heterocycles. The number of anilines is 1. The molecule has 3 N–H and O–H groups in total. The molecule has 3 atom stereocenters. The Balaban J connectivity index is 0.00000196. The van der Waals surface area contributed by atoms with E-state index in [1.807, 2.05) is 11.8 Å². The average Bonchev–Trinajstić information content (AvgIpc) is 3.02. The molecular weight excluding hydrogens is 411 g/mol. The quantitative estimate of drug-likeness (QED) is 0.732. The van der Waals surface area contributed by atoms with E-state index in [-0.39, 0.29) is 48.4 Å². The van der Waals surface area contributed by atoms with Gasteiger partial charge >= 0.3 is 6.61 Å². The van der Waals surface area contributed by atoms with Crippen molar-refractivity contribution >= 4 is 36.4 Å². The molecule has 3 rings (SSSR count). The highest BCUT2D eigenvalue weighted by molar-refractivity contribution is 5.85. The lowest BCUT2D eigenvalue weighted by molar-refractivity contribution is -0.128. The van der Waals surface area contributed by atoms with Crippen LogP contribution < -0.4 is 20.7 Å². The van der Waals surface area contributed by atoms with Gasteiger partial charge in [-0.1, -0.05) is 25.0 Å². The lowest BCUT2D eigenvalue weighted by Crippen LogP contribution is -2.54. The molecule has 2 fully saturated rings. The van der Waals surface area contributed by atoms with Crippen LogP contribution in [0.25, 0.3) is 0 Å². The molecule has 160 valence electrons. The second kappa shape index (κ2) is 10.5. The Bertz CT molecular complexity index is 649. The SMILES string of the molecule is CC1(N)CCCCC1C(=O)NC1CCN(c2ccccc2OC(F)F)C1.Cl.Cl. The van der Waals surface area contributed by atoms with Crippen LogP contribution in [0.15, 0.2) is 24.3 Å². The molecule has 28 heavy (non-hydrogen) atoms. The number of carbonyl (C=O) groups is 1. The molecule has 2 aliphatic rings. The van der Waals surface area contributed by atoms with Gasteiger partial charge in [-0.25, -0.2) is 0 Å². The molecule has 1 saturated heterocycles. The highest BCUT2D eigenvalue weighted by atomic mass is 35.5. The van der Waals surface area contributed by atoms with E-state index in [1.165, 1.54) is 6.07 Å². The summed E-state index contributed by atoms with van der Waals surface area (Å²) in [5, 5.41) is 3.11. The highest BCUT2D eigenvalue weighted by Crippen LogP contribution is 2.33. The summed E-state index contributed by atoms with van der Waals surface area (Å²) in [7, 11) is 0. The first-order valence-electron chi connectivity index (χ1n) is 9.25. The molecule has 5 nitrogen and oxygen atoms in total. The fourth-order valence-electron chi connectivity index (χ4n) is 4.10. The lowest BCUT2D eigenvalue weighted by Gasteiger charge is -2.37. The first-order chi connectivity index (χ1) is 12.4. The summed E-state index contributed by atoms with van der Waals surface area (Å²) in [5.41, 5.74) is 6.49. The number of nitrogens with zero attached hydrogens (tertiary/aromatic N) is 1. The maximum atomic E-state index is 12.7. The Labute approximate surface area is 177 Å². The van der Waals surface area contributed by atoms with Gasteiger partial charge in [0.05, 0.1) is 11.6 Å². The van der Waals surface area contributed by atoms with Crippen molar-refractivity contribution in [3.8, 4) is 5.75 Å². The molecule has 1 saturated carbocycles. The summed E-state index contributed by atoms with van der Waals surface area (Å²) in [4.78, 5) is 14.7. The number of hydrogen-bond donors (Lipinski definition) is 2. The number of ether oxygens (including phenoxy) is 1. The minimum atomic E-state index is -2.86. The van der Waals surface area contributed by atoms with Gasteiger partial charge in [-0.3, -0.25) is 4.79 Å². The molecular formula is C19H29Cl2F2N3O2. The molecule has 1 aromatic carbocycles. The highest BCUT2D eigenvalue weighted by Gasteiger charge is 2.39. The average molecular weight is 440 g/mol. The Morgan fingerprint density at radius 2 is 2.00 bits per heavy atom. The van der Waals surface area contributed by atoms with Crippen molar-refractivity contribution in [3.05, 3.63) is 24.3 Å². The van der Waals surface area contributed by atoms with E-state index in [4.69, 9.17) is 5.73 Å². The first-order valence-corrected chi connectivity index (χ1v) is 9.25. The predicted octanol–water partition coefficient (Wildman–Crippen LogP) is 3.73. The van der Waals surface area contributed by atoms with Crippen LogP contribution in [0.5, 0.6) is 5.75 Å². The standard InChI is InChI=1S/C19H27F2N3O2.2ClH/c1-19(22)10-5-4-6-14(19)17(25)23-13-9-11-24(12-13)15-7-2-3-8-16(15)26-18(20)21;;/h2-3,7-8,13-14,18H,4-6,9-12,22H2,1H3,(H,23,25);2*1H. The van der Waals surface area contributed by atoms with Crippen LogP contribution in [0.4, 0.5) is 14.5 Å². The molecule has 9 heteroatoms. The monoisotopic (exact) mass is 439 g/mol. The van der Waals surface area contributed by atoms with Crippen LogP contribution in [0, 0.1) is 5.92 Å². The number of alkyl halides is 2. The second-order valence-corrected chi connectivity index (χ2v) is 7.59. The lowest BCUT2D eigenvalue weighted by atomic mass is 9.74. The number of hydrogen-bond acceptors (Lipinski definition) is 4. The van der Waals surface area contributed by atoms with E-state index in [0.29, 0.717) is 18.8 Å². The van der Waals surface area contributed by atoms with Crippen LogP contribution in [0.2, 0.25) is 0 Å². The third-order valence-electron chi connectivity index (χ3n) is 5.53. The van der Waals surface area contributed by atoms with Crippen molar-refractivity contribution in [3.63, 3.8) is 0 Å². The Morgan fingerprint density at radius 1 is 1.29 bits per heavy atom. The fraction of sp³-hybridized carbons (Fsp3) is 0.632. The summed E-state index contributed by atoms with van der Waals surface area (Å²) in [6.07, 6.45) is 4.54. The van der Waals surface area contributed by atoms with Crippen LogP contribution in [-0.2, 0) is 4.79 Å². The number of nitrogens with one attached hydrogen (secondary N) is 1. The van der Waals surface area contributed by atoms with Crippen LogP contribution in [0.3, 0.4) is 0 Å². The van der Waals surface area contributed by atoms with Gasteiger partial charge in [-0.05, 0) is 38.3 Å². The molecule has 1 amide bonds. The van der Waals surface area contributed by atoms with Crippen LogP contribution in [0.1, 0.15) is 39.0 Å². The Morgan fingerprint density at radius 3 is 2.68 bits per heavy atom. The predicted molar refractivity (Wildman–Crippen MR) is 111 cm³/mol. The molecule has 0 aromatic heterocycles. The minimum absolute atomic E-state index is 0. The third-order valence-corrected chi connectivity index (χ3v) is 5.53. The van der Waals surface area contributed by atoms with Gasteiger partial charge in [0.2, 0.25) is 5.91 Å². The molecule has 3 unspecified atom stereocenters. The van der Waals surface area contributed by atoms with Crippen molar-refractivity contribution in [2.24, 2.45) is 11.7 Å². The fourth-order valence-corrected chi connectivity index (χ4v) is 4.10. The van der Waals surface area contributed by atoms with Crippen molar-refractivity contribution in [2.45, 2.75) is 57.2 Å². The molecule has 1 aliphatic carbocycles. The van der Waals surface area contributed by atoms with E-state index in [9.17, 15) is 13.6 Å². The maximum absolute atomic E-state index is 12.7. The summed E-state index contributed by atoms with van der Waals surface area (Å²) >= 11 is 0. The van der Waals surface area contributed by atoms with E-state index < -0.39 is 12.2 Å². The number of benzene rings is 1. The molecule has 0 radical (unpaired) electrons. The van der Waals surface area contributed by atoms with Gasteiger partial charge in [0.25, 0.3) is 0 Å². The maximum Gasteiger partial charge on any atom is 0.387 e. The van der Waals surface area contributed by atoms with Gasteiger partial charge in [0.15, 0.2) is 0 Å². The summed E-state index contributed by atoms with van der Waals surface area (Å²) in [6, 6.07) is 6.75. The van der Waals surface area contributed by atoms with Gasteiger partial charge in [-0.15, -0.1) is 24.8 Å². The number of rotatable bonds is 5. The molecule has 0 bridgehead atoms. The first kappa shape index (κ1) is 24.7. The summed E-state index contributed by atoms with van der Waals surface area (Å²) in [6.45, 7) is 0.348. The van der Waals surface area contributed by atoms with Crippen LogP contribution >= 0.6 is 24.8 Å². The van der Waals surface area contributed by atoms with Gasteiger partial charge < -0.3 is 20.7 Å². The van der Waals surface area contributed by atoms with Gasteiger partial charge in [0.1, 0.15) is 5.75 Å². The van der Waals surface area contributed by atoms with Crippen molar-refractivity contribution in [1.29, 1.82) is 0 Å². The number of nitrogens with two attached hydrogens (primary N) is 1. The second-order valence-electron chi connectivity index (χ2n) is 7.59. The summed E-state index contributed by atoms with van der Waals surface area (Å²) < 4.78 is 29.8. The normalized spacial score (nSPS) is 27.0. The van der Waals surface area contributed by atoms with Crippen molar-refractivity contribution in [1.82, 2.24) is 5.32 Å². The largest absolute Gasteiger partial charge is 0.433 e. The number of carbonyl (C=O) groups excluding carboxylic acids is 1. The van der Waals surface area contributed by atoms with E-state index in [0.717, 1.165) is 32.1 Å². The molecule has 1 heterocycles. The van der Waals surface area contributed by atoms with Gasteiger partial charge in [0, 0.05) is 24.7 Å². The zero-order valence-electron chi connectivity index (χ0n) is 15.9. The van der Waals surface area contributed by atoms with Crippen LogP contribution in [-0.4, -0.2) is 37.2 Å². The number of amides is 1. The van der Waals surface area contributed by atoms with E-state index in [1.54, 1.807) is 18.2 Å². The van der Waals surface area contributed by atoms with E-state index >= 15 is 0 Å². The number of para-hydroxylation sites is 2. The van der Waals surface area contributed by atoms with E-state index in [2.05, 4.69) is 10.1 Å². The zero-order chi connectivity index (χ0) is 18.7. The smallest absolute Gasteiger partial charge is 0.387 e. The molecule has 0 spiro atoms. The molecule has 1 aromatic rings. The summed E-state index contributed by atoms with van der Waals surface area (Å²) in [5.74, 6) is 0.00899. The Kier molecular flexibility index (Phi) is 9.24. The zero-order valence-corrected chi connectivity index (χ0v) is 17.5. The van der Waals surface area contributed by atoms with Gasteiger partial charge in [-0.2, -0.15) is 8.78 Å². The van der Waals surface area contributed by atoms with Crippen molar-refractivity contribution in [2.75, 3.05) is 18.0 Å². The third kappa shape index (κ3) is 5.84.